The van der Waals surface area contributed by atoms with E-state index in [0.717, 1.165) is 0 Å². The monoisotopic (exact) mass is 384 g/mol. The second-order valence-electron chi connectivity index (χ2n) is 6.19. The van der Waals surface area contributed by atoms with E-state index in [9.17, 15) is 4.79 Å². The summed E-state index contributed by atoms with van der Waals surface area (Å²) in [5.74, 6) is 1.31. The number of nitrogens with one attached hydrogen (secondary N) is 2. The zero-order chi connectivity index (χ0) is 19.8. The van der Waals surface area contributed by atoms with Gasteiger partial charge in [0.25, 0.3) is 0 Å². The number of carbonyl (C=O) groups excluding carboxylic acids is 1. The molecule has 1 aliphatic heterocycles. The van der Waals surface area contributed by atoms with Crippen LogP contribution < -0.4 is 15.5 Å². The third-order valence-electron chi connectivity index (χ3n) is 4.15. The van der Waals surface area contributed by atoms with Crippen molar-refractivity contribution in [3.05, 3.63) is 49.5 Å². The third kappa shape index (κ3) is 5.09. The van der Waals surface area contributed by atoms with Gasteiger partial charge in [0.1, 0.15) is 6.10 Å². The highest BCUT2D eigenvalue weighted by Crippen LogP contribution is 2.21. The number of hydrogen-bond donors (Lipinski definition) is 2. The summed E-state index contributed by atoms with van der Waals surface area (Å²) in [5, 5.41) is 6.18. The van der Waals surface area contributed by atoms with Crippen LogP contribution in [0.25, 0.3) is 0 Å². The molecule has 0 unspecified atom stereocenters. The molecular formula is C19H24N6O3. The summed E-state index contributed by atoms with van der Waals surface area (Å²) in [6.07, 6.45) is 6.13. The van der Waals surface area contributed by atoms with Gasteiger partial charge in [0.05, 0.1) is 6.26 Å². The molecule has 0 spiro atoms. The van der Waals surface area contributed by atoms with Crippen LogP contribution in [0.15, 0.2) is 48.1 Å². The molecule has 0 atom stereocenters. The van der Waals surface area contributed by atoms with Gasteiger partial charge in [0.15, 0.2) is 0 Å². The molecule has 9 heteroatoms. The zero-order valence-corrected chi connectivity index (χ0v) is 15.6. The van der Waals surface area contributed by atoms with E-state index in [2.05, 4.69) is 43.6 Å². The Morgan fingerprint density at radius 1 is 1.18 bits per heavy atom. The molecule has 0 aliphatic carbocycles. The summed E-state index contributed by atoms with van der Waals surface area (Å²) in [7, 11) is 0. The number of piperidine rings is 1. The Labute approximate surface area is 163 Å². The Balaban J connectivity index is 1.62. The van der Waals surface area contributed by atoms with Gasteiger partial charge in [-0.3, -0.25) is 0 Å². The Bertz CT molecular complexity index is 770. The van der Waals surface area contributed by atoms with Crippen LogP contribution in [0.2, 0.25) is 0 Å². The van der Waals surface area contributed by atoms with Crippen molar-refractivity contribution in [1.82, 2.24) is 15.0 Å². The number of hydrogen-bond acceptors (Lipinski definition) is 9. The minimum absolute atomic E-state index is 0.160. The fourth-order valence-corrected chi connectivity index (χ4v) is 2.77. The van der Waals surface area contributed by atoms with E-state index in [-0.39, 0.29) is 11.9 Å². The lowest BCUT2D eigenvalue weighted by atomic mass is 10.1. The predicted molar refractivity (Wildman–Crippen MR) is 107 cm³/mol. The number of esters is 1. The Morgan fingerprint density at radius 3 is 2.36 bits per heavy atom. The SMILES string of the molecule is C=CCNc1nc(NCC=C)nc(N2CCC(OC(=O)c3ccco3)CC2)n1. The molecule has 9 nitrogen and oxygen atoms in total. The zero-order valence-electron chi connectivity index (χ0n) is 15.6. The molecule has 2 aromatic rings. The van der Waals surface area contributed by atoms with Crippen molar-refractivity contribution in [2.24, 2.45) is 0 Å². The topological polar surface area (TPSA) is 105 Å². The van der Waals surface area contributed by atoms with Gasteiger partial charge in [-0.1, -0.05) is 12.2 Å². The van der Waals surface area contributed by atoms with Crippen LogP contribution in [-0.2, 0) is 4.74 Å². The quantitative estimate of drug-likeness (QED) is 0.498. The van der Waals surface area contributed by atoms with E-state index in [1.807, 2.05) is 0 Å². The summed E-state index contributed by atoms with van der Waals surface area (Å²) in [6, 6.07) is 3.26. The van der Waals surface area contributed by atoms with Crippen LogP contribution in [0, 0.1) is 0 Å². The van der Waals surface area contributed by atoms with Gasteiger partial charge < -0.3 is 24.7 Å². The Kier molecular flexibility index (Phi) is 6.61. The fraction of sp³-hybridized carbons (Fsp3) is 0.368. The highest BCUT2D eigenvalue weighted by atomic mass is 16.6. The van der Waals surface area contributed by atoms with E-state index in [1.54, 1.807) is 24.3 Å². The highest BCUT2D eigenvalue weighted by molar-refractivity contribution is 5.86. The van der Waals surface area contributed by atoms with Crippen molar-refractivity contribution >= 4 is 23.8 Å². The average Bonchev–Trinajstić information content (AvgIpc) is 3.26. The molecule has 3 heterocycles. The lowest BCUT2D eigenvalue weighted by Crippen LogP contribution is -2.39. The first-order chi connectivity index (χ1) is 13.7. The van der Waals surface area contributed by atoms with Crippen molar-refractivity contribution in [2.75, 3.05) is 41.7 Å². The summed E-state index contributed by atoms with van der Waals surface area (Å²) >= 11 is 0. The maximum atomic E-state index is 12.0. The molecular weight excluding hydrogens is 360 g/mol. The van der Waals surface area contributed by atoms with Crippen molar-refractivity contribution in [1.29, 1.82) is 0 Å². The molecule has 0 saturated carbocycles. The van der Waals surface area contributed by atoms with Gasteiger partial charge in [-0.15, -0.1) is 13.2 Å². The van der Waals surface area contributed by atoms with Gasteiger partial charge in [0, 0.05) is 39.0 Å². The van der Waals surface area contributed by atoms with E-state index in [1.165, 1.54) is 6.26 Å². The third-order valence-corrected chi connectivity index (χ3v) is 4.15. The van der Waals surface area contributed by atoms with E-state index < -0.39 is 5.97 Å². The number of anilines is 3. The molecule has 2 N–H and O–H groups in total. The van der Waals surface area contributed by atoms with Gasteiger partial charge >= 0.3 is 5.97 Å². The van der Waals surface area contributed by atoms with E-state index >= 15 is 0 Å². The van der Waals surface area contributed by atoms with Gasteiger partial charge in [-0.2, -0.15) is 15.0 Å². The van der Waals surface area contributed by atoms with Crippen LogP contribution >= 0.6 is 0 Å². The fourth-order valence-electron chi connectivity index (χ4n) is 2.77. The molecule has 148 valence electrons. The summed E-state index contributed by atoms with van der Waals surface area (Å²) < 4.78 is 10.6. The van der Waals surface area contributed by atoms with Crippen molar-refractivity contribution in [3.8, 4) is 0 Å². The first-order valence-electron chi connectivity index (χ1n) is 9.14. The van der Waals surface area contributed by atoms with Crippen LogP contribution in [-0.4, -0.2) is 53.2 Å². The minimum Gasteiger partial charge on any atom is -0.457 e. The Hall–Kier alpha value is -3.36. The number of ether oxygens (including phenoxy) is 1. The van der Waals surface area contributed by atoms with Gasteiger partial charge in [-0.25, -0.2) is 4.79 Å². The van der Waals surface area contributed by atoms with Crippen LogP contribution in [0.3, 0.4) is 0 Å². The largest absolute Gasteiger partial charge is 0.457 e. The van der Waals surface area contributed by atoms with E-state index in [4.69, 9.17) is 9.15 Å². The van der Waals surface area contributed by atoms with Crippen LogP contribution in [0.1, 0.15) is 23.4 Å². The maximum Gasteiger partial charge on any atom is 0.374 e. The first kappa shape index (κ1) is 19.4. The highest BCUT2D eigenvalue weighted by Gasteiger charge is 2.25. The smallest absolute Gasteiger partial charge is 0.374 e. The maximum absolute atomic E-state index is 12.0. The van der Waals surface area contributed by atoms with E-state index in [0.29, 0.717) is 56.9 Å². The number of nitrogens with zero attached hydrogens (tertiary/aromatic N) is 4. The molecule has 2 aromatic heterocycles. The van der Waals surface area contributed by atoms with Crippen molar-refractivity contribution < 1.29 is 13.9 Å². The Morgan fingerprint density at radius 2 is 1.82 bits per heavy atom. The summed E-state index contributed by atoms with van der Waals surface area (Å²) in [6.45, 7) is 9.82. The molecule has 28 heavy (non-hydrogen) atoms. The molecule has 0 radical (unpaired) electrons. The standard InChI is InChI=1S/C19H24N6O3/c1-3-9-20-17-22-18(21-10-4-2)24-19(23-17)25-11-7-14(8-12-25)28-16(26)15-6-5-13-27-15/h3-6,13-14H,1-2,7-12H2,(H2,20,21,22,23,24). The van der Waals surface area contributed by atoms with Gasteiger partial charge in [0.2, 0.25) is 23.6 Å². The van der Waals surface area contributed by atoms with Crippen molar-refractivity contribution in [2.45, 2.75) is 18.9 Å². The normalized spacial score (nSPS) is 14.4. The van der Waals surface area contributed by atoms with Crippen LogP contribution in [0.5, 0.6) is 0 Å². The lowest BCUT2D eigenvalue weighted by molar-refractivity contribution is 0.0210. The minimum atomic E-state index is -0.435. The number of aromatic nitrogens is 3. The first-order valence-corrected chi connectivity index (χ1v) is 9.14. The molecule has 1 fully saturated rings. The van der Waals surface area contributed by atoms with Gasteiger partial charge in [-0.05, 0) is 12.1 Å². The number of carbonyl (C=O) groups is 1. The average molecular weight is 384 g/mol. The number of furan rings is 1. The molecule has 0 bridgehead atoms. The number of rotatable bonds is 9. The molecule has 3 rings (SSSR count). The molecule has 0 aromatic carbocycles. The molecule has 0 amide bonds. The summed E-state index contributed by atoms with van der Waals surface area (Å²) in [5.41, 5.74) is 0. The predicted octanol–water partition coefficient (Wildman–Crippen LogP) is 2.49. The van der Waals surface area contributed by atoms with Crippen molar-refractivity contribution in [3.63, 3.8) is 0 Å². The molecule has 1 aliphatic rings. The summed E-state index contributed by atoms with van der Waals surface area (Å²) in [4.78, 5) is 27.4. The second kappa shape index (κ2) is 9.54. The second-order valence-corrected chi connectivity index (χ2v) is 6.19. The molecule has 1 saturated heterocycles. The van der Waals surface area contributed by atoms with Crippen LogP contribution in [0.4, 0.5) is 17.8 Å². The lowest BCUT2D eigenvalue weighted by Gasteiger charge is -2.31.